The number of rotatable bonds is 5. The first-order valence-electron chi connectivity index (χ1n) is 10.7. The van der Waals surface area contributed by atoms with Gasteiger partial charge >= 0.3 is 6.18 Å². The Kier molecular flexibility index (Phi) is 5.79. The van der Waals surface area contributed by atoms with Crippen molar-refractivity contribution in [2.24, 2.45) is 0 Å². The van der Waals surface area contributed by atoms with Gasteiger partial charge in [0.2, 0.25) is 15.9 Å². The number of aromatic nitrogens is 2. The van der Waals surface area contributed by atoms with Gasteiger partial charge < -0.3 is 4.74 Å². The summed E-state index contributed by atoms with van der Waals surface area (Å²) in [5.74, 6) is 0.940. The summed E-state index contributed by atoms with van der Waals surface area (Å²) in [6.07, 6.45) is 1.38. The van der Waals surface area contributed by atoms with E-state index in [0.29, 0.717) is 37.4 Å². The molecule has 5 rings (SSSR count). The Morgan fingerprint density at radius 1 is 1.09 bits per heavy atom. The Morgan fingerprint density at radius 3 is 2.55 bits per heavy atom. The molecule has 2 atom stereocenters. The van der Waals surface area contributed by atoms with Gasteiger partial charge in [0.15, 0.2) is 0 Å². The molecule has 1 saturated carbocycles. The molecule has 0 bridgehead atoms. The van der Waals surface area contributed by atoms with Crippen molar-refractivity contribution >= 4 is 21.6 Å². The van der Waals surface area contributed by atoms with E-state index < -0.39 is 26.7 Å². The molecular weight excluding hydrogens is 481 g/mol. The summed E-state index contributed by atoms with van der Waals surface area (Å²) in [4.78, 5) is 10.4. The van der Waals surface area contributed by atoms with Crippen molar-refractivity contribution < 1.29 is 26.3 Å². The third-order valence-electron chi connectivity index (χ3n) is 6.35. The van der Waals surface area contributed by atoms with E-state index in [0.717, 1.165) is 30.7 Å². The maximum absolute atomic E-state index is 13.1. The largest absolute Gasteiger partial charge is 0.472 e. The van der Waals surface area contributed by atoms with Gasteiger partial charge in [0.25, 0.3) is 0 Å². The standard InChI is InChI=1S/C21H22ClF3N4O3S/c22-17-4-3-14(21(23,24)25)7-19(17)33(30,31)29-6-5-28-12-16(8-15(28)11-29)32-20-10-26-18(9-27-20)13-1-2-13/h3-4,7,9-10,13,15-16H,1-2,5-6,8,11-12H2/t15-,16-/m0/s1. The van der Waals surface area contributed by atoms with Crippen molar-refractivity contribution in [3.8, 4) is 5.88 Å². The number of piperazine rings is 1. The highest BCUT2D eigenvalue weighted by atomic mass is 35.5. The van der Waals surface area contributed by atoms with Crippen molar-refractivity contribution in [1.29, 1.82) is 0 Å². The first kappa shape index (κ1) is 22.8. The highest BCUT2D eigenvalue weighted by molar-refractivity contribution is 7.89. The molecule has 7 nitrogen and oxygen atoms in total. The van der Waals surface area contributed by atoms with Crippen molar-refractivity contribution in [3.05, 3.63) is 46.9 Å². The molecule has 3 heterocycles. The molecule has 0 spiro atoms. The Labute approximate surface area is 194 Å². The average molecular weight is 503 g/mol. The van der Waals surface area contributed by atoms with E-state index in [9.17, 15) is 21.6 Å². The van der Waals surface area contributed by atoms with E-state index in [-0.39, 0.29) is 30.3 Å². The molecule has 33 heavy (non-hydrogen) atoms. The zero-order valence-electron chi connectivity index (χ0n) is 17.5. The molecular formula is C21H22ClF3N4O3S. The highest BCUT2D eigenvalue weighted by Crippen LogP contribution is 2.39. The Morgan fingerprint density at radius 2 is 1.88 bits per heavy atom. The molecule has 2 aromatic rings. The fourth-order valence-corrected chi connectivity index (χ4v) is 6.40. The number of halogens is 4. The van der Waals surface area contributed by atoms with E-state index >= 15 is 0 Å². The fourth-order valence-electron chi connectivity index (χ4n) is 4.44. The van der Waals surface area contributed by atoms with Crippen LogP contribution in [0.15, 0.2) is 35.5 Å². The second-order valence-electron chi connectivity index (χ2n) is 8.68. The lowest BCUT2D eigenvalue weighted by Crippen LogP contribution is -2.52. The molecule has 12 heteroatoms. The Balaban J connectivity index is 1.27. The second-order valence-corrected chi connectivity index (χ2v) is 11.0. The molecule has 0 unspecified atom stereocenters. The van der Waals surface area contributed by atoms with Crippen LogP contribution in [0.4, 0.5) is 13.2 Å². The second kappa shape index (κ2) is 8.37. The number of sulfonamides is 1. The quantitative estimate of drug-likeness (QED) is 0.622. The maximum atomic E-state index is 13.1. The summed E-state index contributed by atoms with van der Waals surface area (Å²) in [6, 6.07) is 2.25. The molecule has 2 aliphatic heterocycles. The third kappa shape index (κ3) is 4.68. The summed E-state index contributed by atoms with van der Waals surface area (Å²) >= 11 is 5.99. The monoisotopic (exact) mass is 502 g/mol. The summed E-state index contributed by atoms with van der Waals surface area (Å²) in [6.45, 7) is 1.39. The topological polar surface area (TPSA) is 75.6 Å². The van der Waals surface area contributed by atoms with Crippen molar-refractivity contribution in [2.75, 3.05) is 26.2 Å². The minimum atomic E-state index is -4.66. The maximum Gasteiger partial charge on any atom is 0.416 e. The van der Waals surface area contributed by atoms with E-state index in [1.807, 2.05) is 0 Å². The summed E-state index contributed by atoms with van der Waals surface area (Å²) in [5, 5.41) is -0.230. The van der Waals surface area contributed by atoms with E-state index in [1.54, 1.807) is 12.4 Å². The third-order valence-corrected chi connectivity index (χ3v) is 8.69. The van der Waals surface area contributed by atoms with Gasteiger partial charge in [-0.15, -0.1) is 0 Å². The van der Waals surface area contributed by atoms with Crippen LogP contribution in [0, 0.1) is 0 Å². The van der Waals surface area contributed by atoms with Crippen LogP contribution in [0.1, 0.15) is 36.4 Å². The molecule has 0 N–H and O–H groups in total. The molecule has 2 saturated heterocycles. The SMILES string of the molecule is O=S(=O)(c1cc(C(F)(F)F)ccc1Cl)N1CCN2C[C@@H](Oc3cnc(C4CC4)cn3)C[C@H]2C1. The molecule has 178 valence electrons. The van der Waals surface area contributed by atoms with Crippen LogP contribution < -0.4 is 4.74 Å². The predicted octanol–water partition coefficient (Wildman–Crippen LogP) is 3.55. The molecule has 3 aliphatic rings. The van der Waals surface area contributed by atoms with E-state index in [1.165, 1.54) is 4.31 Å². The van der Waals surface area contributed by atoms with Crippen molar-refractivity contribution in [3.63, 3.8) is 0 Å². The van der Waals surface area contributed by atoms with Crippen LogP contribution in [0.3, 0.4) is 0 Å². The van der Waals surface area contributed by atoms with Crippen molar-refractivity contribution in [1.82, 2.24) is 19.2 Å². The molecule has 3 fully saturated rings. The van der Waals surface area contributed by atoms with Crippen LogP contribution in [0.2, 0.25) is 5.02 Å². The van der Waals surface area contributed by atoms with Crippen LogP contribution in [-0.2, 0) is 16.2 Å². The van der Waals surface area contributed by atoms with E-state index in [2.05, 4.69) is 14.9 Å². The number of benzene rings is 1. The van der Waals surface area contributed by atoms with Gasteiger partial charge in [-0.1, -0.05) is 11.6 Å². The van der Waals surface area contributed by atoms with Crippen molar-refractivity contribution in [2.45, 2.75) is 48.4 Å². The fraction of sp³-hybridized carbons (Fsp3) is 0.524. The van der Waals surface area contributed by atoms with Gasteiger partial charge in [0.05, 0.1) is 28.7 Å². The molecule has 1 aliphatic carbocycles. The van der Waals surface area contributed by atoms with E-state index in [4.69, 9.17) is 16.3 Å². The first-order valence-corrected chi connectivity index (χ1v) is 12.5. The van der Waals surface area contributed by atoms with Gasteiger partial charge in [0.1, 0.15) is 11.0 Å². The molecule has 0 radical (unpaired) electrons. The lowest BCUT2D eigenvalue weighted by molar-refractivity contribution is -0.137. The van der Waals surface area contributed by atoms with Gasteiger partial charge in [-0.05, 0) is 31.0 Å². The smallest absolute Gasteiger partial charge is 0.416 e. The van der Waals surface area contributed by atoms with Gasteiger partial charge in [-0.2, -0.15) is 17.5 Å². The number of nitrogens with zero attached hydrogens (tertiary/aromatic N) is 4. The normalized spacial score (nSPS) is 24.6. The average Bonchev–Trinajstić information content (AvgIpc) is 3.53. The number of fused-ring (bicyclic) bond motifs is 1. The Bertz CT molecular complexity index is 1140. The molecule has 1 aromatic carbocycles. The van der Waals surface area contributed by atoms with Crippen LogP contribution in [0.5, 0.6) is 5.88 Å². The Hall–Kier alpha value is -1.95. The minimum Gasteiger partial charge on any atom is -0.472 e. The number of alkyl halides is 3. The van der Waals surface area contributed by atoms with Crippen LogP contribution in [-0.4, -0.2) is 65.9 Å². The summed E-state index contributed by atoms with van der Waals surface area (Å²) < 4.78 is 72.8. The minimum absolute atomic E-state index is 0.109. The molecule has 1 aromatic heterocycles. The predicted molar refractivity (Wildman–Crippen MR) is 114 cm³/mol. The van der Waals surface area contributed by atoms with Gasteiger partial charge in [-0.25, -0.2) is 13.4 Å². The summed E-state index contributed by atoms with van der Waals surface area (Å²) in [7, 11) is -4.19. The summed E-state index contributed by atoms with van der Waals surface area (Å²) in [5.41, 5.74) is -0.0763. The number of ether oxygens (including phenoxy) is 1. The van der Waals surface area contributed by atoms with Gasteiger partial charge in [-0.3, -0.25) is 9.88 Å². The van der Waals surface area contributed by atoms with Crippen LogP contribution >= 0.6 is 11.6 Å². The molecule has 0 amide bonds. The number of hydrogen-bond donors (Lipinski definition) is 0. The lowest BCUT2D eigenvalue weighted by atomic mass is 10.2. The number of hydrogen-bond acceptors (Lipinski definition) is 6. The first-order chi connectivity index (χ1) is 15.6. The van der Waals surface area contributed by atoms with Crippen LogP contribution in [0.25, 0.3) is 0 Å². The zero-order valence-corrected chi connectivity index (χ0v) is 19.1. The van der Waals surface area contributed by atoms with Gasteiger partial charge in [0, 0.05) is 44.6 Å². The lowest BCUT2D eigenvalue weighted by Gasteiger charge is -2.36. The highest BCUT2D eigenvalue weighted by Gasteiger charge is 2.42. The zero-order chi connectivity index (χ0) is 23.4.